The third-order valence-corrected chi connectivity index (χ3v) is 5.59. The van der Waals surface area contributed by atoms with Crippen LogP contribution in [0.2, 0.25) is 5.02 Å². The number of H-pyrrole nitrogens is 1. The molecule has 0 aliphatic rings. The summed E-state index contributed by atoms with van der Waals surface area (Å²) in [6.45, 7) is 6.64. The Bertz CT molecular complexity index is 1230. The first-order valence-electron chi connectivity index (χ1n) is 10.7. The summed E-state index contributed by atoms with van der Waals surface area (Å²) >= 11 is 6.51. The number of rotatable bonds is 10. The number of benzene rings is 1. The highest BCUT2D eigenvalue weighted by Crippen LogP contribution is 2.35. The molecule has 0 aliphatic heterocycles. The quantitative estimate of drug-likeness (QED) is 0.419. The van der Waals surface area contributed by atoms with Gasteiger partial charge in [-0.2, -0.15) is 0 Å². The molecule has 0 saturated carbocycles. The van der Waals surface area contributed by atoms with Gasteiger partial charge < -0.3 is 20.2 Å². The molecule has 2 heterocycles. The summed E-state index contributed by atoms with van der Waals surface area (Å²) < 4.78 is 25.5. The van der Waals surface area contributed by atoms with Crippen LogP contribution < -0.4 is 16.0 Å². The van der Waals surface area contributed by atoms with Gasteiger partial charge in [0.25, 0.3) is 5.56 Å². The molecule has 2 aromatic heterocycles. The molecule has 0 saturated heterocycles. The molecule has 0 fully saturated rings. The monoisotopic (exact) mass is 488 g/mol. The van der Waals surface area contributed by atoms with Gasteiger partial charge in [0.05, 0.1) is 22.9 Å². The molecule has 0 aliphatic carbocycles. The number of nitrogens with one attached hydrogen (secondary N) is 1. The molecule has 8 nitrogen and oxygen atoms in total. The van der Waals surface area contributed by atoms with Crippen LogP contribution in [0.3, 0.4) is 0 Å². The predicted octanol–water partition coefficient (Wildman–Crippen LogP) is 3.76. The van der Waals surface area contributed by atoms with Crippen molar-refractivity contribution in [3.63, 3.8) is 0 Å². The third kappa shape index (κ3) is 5.98. The van der Waals surface area contributed by atoms with E-state index in [1.807, 2.05) is 6.92 Å². The summed E-state index contributed by atoms with van der Waals surface area (Å²) in [5.41, 5.74) is 5.33. The molecule has 180 valence electrons. The average molecular weight is 489 g/mol. The number of carbonyl (C=O) groups is 1. The van der Waals surface area contributed by atoms with Gasteiger partial charge in [-0.1, -0.05) is 31.5 Å². The minimum atomic E-state index is -0.903. The first kappa shape index (κ1) is 25.3. The van der Waals surface area contributed by atoms with E-state index in [0.29, 0.717) is 36.8 Å². The molecule has 1 amide bonds. The van der Waals surface area contributed by atoms with Crippen molar-refractivity contribution in [2.45, 2.75) is 27.2 Å². The highest BCUT2D eigenvalue weighted by molar-refractivity contribution is 6.34. The van der Waals surface area contributed by atoms with Crippen molar-refractivity contribution in [3.8, 4) is 28.5 Å². The molecule has 0 unspecified atom stereocenters. The van der Waals surface area contributed by atoms with Crippen LogP contribution in [0.15, 0.2) is 41.3 Å². The van der Waals surface area contributed by atoms with E-state index in [-0.39, 0.29) is 28.5 Å². The third-order valence-electron chi connectivity index (χ3n) is 5.16. The number of nitrogens with two attached hydrogens (primary N) is 1. The van der Waals surface area contributed by atoms with Gasteiger partial charge in [0.2, 0.25) is 11.8 Å². The van der Waals surface area contributed by atoms with Crippen LogP contribution in [0.5, 0.6) is 5.88 Å². The van der Waals surface area contributed by atoms with Gasteiger partial charge in [0, 0.05) is 35.9 Å². The Morgan fingerprint density at radius 2 is 2.00 bits per heavy atom. The summed E-state index contributed by atoms with van der Waals surface area (Å²) in [5.74, 6) is -0.823. The van der Waals surface area contributed by atoms with Gasteiger partial charge in [-0.05, 0) is 31.0 Å². The number of amides is 1. The van der Waals surface area contributed by atoms with Gasteiger partial charge in [0.15, 0.2) is 0 Å². The van der Waals surface area contributed by atoms with Crippen molar-refractivity contribution >= 4 is 17.5 Å². The second-order valence-corrected chi connectivity index (χ2v) is 8.61. The number of aromatic nitrogens is 3. The maximum atomic E-state index is 14.8. The maximum absolute atomic E-state index is 14.8. The molecule has 3 aromatic rings. The Hall–Kier alpha value is -3.30. The fraction of sp³-hybridized carbons (Fsp3) is 0.333. The van der Waals surface area contributed by atoms with Crippen molar-refractivity contribution < 1.29 is 18.7 Å². The van der Waals surface area contributed by atoms with E-state index < -0.39 is 22.7 Å². The van der Waals surface area contributed by atoms with Crippen LogP contribution in [-0.2, 0) is 16.0 Å². The fourth-order valence-corrected chi connectivity index (χ4v) is 3.51. The number of pyridine rings is 1. The highest BCUT2D eigenvalue weighted by atomic mass is 35.5. The Kier molecular flexibility index (Phi) is 8.01. The van der Waals surface area contributed by atoms with E-state index in [1.165, 1.54) is 24.4 Å². The summed E-state index contributed by atoms with van der Waals surface area (Å²) in [4.78, 5) is 35.3. The minimum Gasteiger partial charge on any atom is -0.475 e. The van der Waals surface area contributed by atoms with E-state index in [0.717, 1.165) is 0 Å². The second-order valence-electron chi connectivity index (χ2n) is 8.23. The van der Waals surface area contributed by atoms with E-state index in [1.54, 1.807) is 26.0 Å². The number of carbonyl (C=O) groups excluding carboxylic acids is 1. The minimum absolute atomic E-state index is 0.0410. The van der Waals surface area contributed by atoms with E-state index >= 15 is 0 Å². The Morgan fingerprint density at radius 3 is 2.65 bits per heavy atom. The summed E-state index contributed by atoms with van der Waals surface area (Å²) in [6.07, 6.45) is 1.69. The van der Waals surface area contributed by atoms with Gasteiger partial charge in [-0.15, -0.1) is 0 Å². The van der Waals surface area contributed by atoms with Crippen LogP contribution in [0.25, 0.3) is 22.6 Å². The number of nitrogens with zero attached hydrogens (tertiary/aromatic N) is 2. The lowest BCUT2D eigenvalue weighted by Gasteiger charge is -2.22. The van der Waals surface area contributed by atoms with Crippen LogP contribution in [-0.4, -0.2) is 40.7 Å². The Balaban J connectivity index is 1.94. The van der Waals surface area contributed by atoms with Crippen molar-refractivity contribution in [3.05, 3.63) is 63.3 Å². The number of primary amides is 1. The molecule has 0 radical (unpaired) electrons. The molecule has 10 heteroatoms. The van der Waals surface area contributed by atoms with E-state index in [4.69, 9.17) is 26.8 Å². The summed E-state index contributed by atoms with van der Waals surface area (Å²) in [7, 11) is 0. The zero-order valence-electron chi connectivity index (χ0n) is 19.2. The number of ether oxygens (including phenoxy) is 2. The van der Waals surface area contributed by atoms with Crippen molar-refractivity contribution in [2.24, 2.45) is 11.1 Å². The lowest BCUT2D eigenvalue weighted by atomic mass is 9.84. The number of halogens is 2. The van der Waals surface area contributed by atoms with E-state index in [9.17, 15) is 14.0 Å². The number of hydrogen-bond donors (Lipinski definition) is 2. The summed E-state index contributed by atoms with van der Waals surface area (Å²) in [6, 6.07) is 7.32. The van der Waals surface area contributed by atoms with Crippen LogP contribution in [0.4, 0.5) is 4.39 Å². The molecule has 0 spiro atoms. The van der Waals surface area contributed by atoms with Crippen molar-refractivity contribution in [1.82, 2.24) is 15.0 Å². The van der Waals surface area contributed by atoms with Crippen molar-refractivity contribution in [1.29, 1.82) is 0 Å². The molecule has 34 heavy (non-hydrogen) atoms. The molecular formula is C24H26ClFN4O4. The van der Waals surface area contributed by atoms with Crippen molar-refractivity contribution in [2.75, 3.05) is 19.8 Å². The van der Waals surface area contributed by atoms with E-state index in [2.05, 4.69) is 15.0 Å². The molecule has 0 bridgehead atoms. The lowest BCUT2D eigenvalue weighted by molar-refractivity contribution is -0.125. The number of aromatic amines is 1. The SMILES string of the molecule is CCOCCOc1ccc(-c2cc(=O)[nH]c(-c3c(F)ccc(CC(C)(C)C(N)=O)c3Cl)n2)cn1. The first-order chi connectivity index (χ1) is 16.1. The maximum Gasteiger partial charge on any atom is 0.251 e. The second kappa shape index (κ2) is 10.8. The Labute approximate surface area is 201 Å². The van der Waals surface area contributed by atoms with Crippen LogP contribution >= 0.6 is 11.6 Å². The zero-order chi connectivity index (χ0) is 24.9. The largest absolute Gasteiger partial charge is 0.475 e. The molecule has 3 rings (SSSR count). The molecular weight excluding hydrogens is 463 g/mol. The average Bonchev–Trinajstić information content (AvgIpc) is 2.79. The topological polar surface area (TPSA) is 120 Å². The molecule has 1 aromatic carbocycles. The Morgan fingerprint density at radius 1 is 1.24 bits per heavy atom. The number of hydrogen-bond acceptors (Lipinski definition) is 6. The molecule has 3 N–H and O–H groups in total. The fourth-order valence-electron chi connectivity index (χ4n) is 3.20. The van der Waals surface area contributed by atoms with Gasteiger partial charge in [-0.25, -0.2) is 14.4 Å². The molecule has 0 atom stereocenters. The van der Waals surface area contributed by atoms with Gasteiger partial charge in [-0.3, -0.25) is 9.59 Å². The smallest absolute Gasteiger partial charge is 0.251 e. The normalized spacial score (nSPS) is 11.4. The standard InChI is InChI=1S/C24H26ClFN4O4/c1-4-33-9-10-34-19-8-6-15(13-28-19)17-11-18(31)30-22(29-17)20-16(26)7-5-14(21(20)25)12-24(2,3)23(27)32/h5-8,11,13H,4,9-10,12H2,1-3H3,(H2,27,32)(H,29,30,31). The predicted molar refractivity (Wildman–Crippen MR) is 127 cm³/mol. The van der Waals surface area contributed by atoms with Crippen LogP contribution in [0.1, 0.15) is 26.3 Å². The zero-order valence-corrected chi connectivity index (χ0v) is 19.9. The van der Waals surface area contributed by atoms with Gasteiger partial charge >= 0.3 is 0 Å². The highest BCUT2D eigenvalue weighted by Gasteiger charge is 2.28. The lowest BCUT2D eigenvalue weighted by Crippen LogP contribution is -2.33. The summed E-state index contributed by atoms with van der Waals surface area (Å²) in [5, 5.41) is 0.0470. The first-order valence-corrected chi connectivity index (χ1v) is 11.1. The van der Waals surface area contributed by atoms with Crippen LogP contribution in [0, 0.1) is 11.2 Å². The van der Waals surface area contributed by atoms with Gasteiger partial charge in [0.1, 0.15) is 18.2 Å².